The van der Waals surface area contributed by atoms with Crippen LogP contribution < -0.4 is 0 Å². The summed E-state index contributed by atoms with van der Waals surface area (Å²) < 4.78 is -1.63. The maximum Gasteiger partial charge on any atom is 0.236 e. The molecule has 5 aliphatic rings. The van der Waals surface area contributed by atoms with E-state index in [0.29, 0.717) is 12.8 Å². The van der Waals surface area contributed by atoms with Crippen LogP contribution in [0.3, 0.4) is 0 Å². The van der Waals surface area contributed by atoms with Gasteiger partial charge in [0, 0.05) is 6.04 Å². The first kappa shape index (κ1) is 21.5. The quantitative estimate of drug-likeness (QED) is 0.306. The lowest BCUT2D eigenvalue weighted by atomic mass is 9.58. The van der Waals surface area contributed by atoms with Crippen LogP contribution in [0.15, 0.2) is 10.1 Å². The van der Waals surface area contributed by atoms with Crippen molar-refractivity contribution in [3.8, 4) is 0 Å². The maximum absolute atomic E-state index is 13.5. The zero-order valence-electron chi connectivity index (χ0n) is 15.8. The third kappa shape index (κ3) is 2.22. The Hall–Kier alpha value is 0.620. The molecule has 0 aromatic heterocycles. The van der Waals surface area contributed by atoms with Gasteiger partial charge >= 0.3 is 0 Å². The van der Waals surface area contributed by atoms with Gasteiger partial charge in [0.15, 0.2) is 4.33 Å². The van der Waals surface area contributed by atoms with Crippen LogP contribution in [-0.2, 0) is 9.59 Å². The zero-order valence-corrected chi connectivity index (χ0v) is 20.3. The maximum atomic E-state index is 13.5. The number of hydrogen-bond acceptors (Lipinski definition) is 2. The highest BCUT2D eigenvalue weighted by atomic mass is 35.5. The summed E-state index contributed by atoms with van der Waals surface area (Å²) in [6, 6.07) is -0.0110. The number of imide groups is 1. The van der Waals surface area contributed by atoms with E-state index >= 15 is 0 Å². The van der Waals surface area contributed by atoms with E-state index in [9.17, 15) is 9.59 Å². The van der Waals surface area contributed by atoms with Gasteiger partial charge in [0.1, 0.15) is 9.75 Å². The lowest BCUT2D eigenvalue weighted by Crippen LogP contribution is -2.49. The van der Waals surface area contributed by atoms with Crippen molar-refractivity contribution in [1.82, 2.24) is 4.90 Å². The molecule has 3 nitrogen and oxygen atoms in total. The van der Waals surface area contributed by atoms with Gasteiger partial charge in [-0.3, -0.25) is 14.5 Å². The van der Waals surface area contributed by atoms with Gasteiger partial charge in [0.2, 0.25) is 11.8 Å². The average Bonchev–Trinajstić information content (AvgIpc) is 3.01. The van der Waals surface area contributed by atoms with Gasteiger partial charge in [-0.15, -0.1) is 23.2 Å². The van der Waals surface area contributed by atoms with Crippen LogP contribution in [0.4, 0.5) is 0 Å². The van der Waals surface area contributed by atoms with Gasteiger partial charge in [0.05, 0.1) is 21.4 Å². The van der Waals surface area contributed by atoms with Crippen molar-refractivity contribution in [2.45, 2.75) is 72.0 Å². The zero-order chi connectivity index (χ0) is 21.1. The summed E-state index contributed by atoms with van der Waals surface area (Å²) in [5.74, 6) is -1.37. The molecular formula is C20H21Cl6NO2. The molecule has 3 saturated carbocycles. The number of alkyl halides is 4. The number of fused-ring (bicyclic) bond motifs is 6. The fraction of sp³-hybridized carbons (Fsp3) is 0.800. The molecule has 4 aliphatic carbocycles. The van der Waals surface area contributed by atoms with Gasteiger partial charge in [-0.2, -0.15) is 0 Å². The molecule has 6 atom stereocenters. The van der Waals surface area contributed by atoms with Gasteiger partial charge in [-0.25, -0.2) is 0 Å². The van der Waals surface area contributed by atoms with E-state index in [1.807, 2.05) is 6.92 Å². The van der Waals surface area contributed by atoms with Crippen LogP contribution in [0.5, 0.6) is 0 Å². The molecule has 5 rings (SSSR count). The number of allylic oxidation sites excluding steroid dienone is 2. The molecule has 2 amide bonds. The molecule has 160 valence electrons. The van der Waals surface area contributed by atoms with Crippen LogP contribution in [0.1, 0.15) is 51.9 Å². The third-order valence-electron chi connectivity index (χ3n) is 8.34. The van der Waals surface area contributed by atoms with Crippen molar-refractivity contribution >= 4 is 81.4 Å². The van der Waals surface area contributed by atoms with E-state index < -0.39 is 25.4 Å². The van der Waals surface area contributed by atoms with Crippen molar-refractivity contribution < 1.29 is 9.59 Å². The van der Waals surface area contributed by atoms with Crippen LogP contribution >= 0.6 is 69.6 Å². The molecule has 2 bridgehead atoms. The van der Waals surface area contributed by atoms with E-state index in [0.717, 1.165) is 32.1 Å². The molecule has 1 heterocycles. The Labute approximate surface area is 200 Å². The average molecular weight is 520 g/mol. The topological polar surface area (TPSA) is 37.4 Å². The highest BCUT2D eigenvalue weighted by Gasteiger charge is 2.84. The third-order valence-corrected chi connectivity index (χ3v) is 12.7. The van der Waals surface area contributed by atoms with E-state index in [1.54, 1.807) is 4.90 Å². The molecule has 1 aliphatic heterocycles. The minimum absolute atomic E-state index is 0.0110. The Kier molecular flexibility index (Phi) is 4.70. The standard InChI is InChI=1S/C20H21Cl6NO2/c1-17-8-12-10(18(23)13(21)14(22)19(12,24)20(18,25)26)7-11(17)15(28)27(16(17)29)9-5-3-2-4-6-9/h9-12H,2-8H2,1H3/t10-,11-,12-,17+,18-,19-/m1/s1. The number of rotatable bonds is 1. The normalized spacial score (nSPS) is 49.1. The minimum atomic E-state index is -1.63. The molecule has 0 unspecified atom stereocenters. The number of amides is 2. The molecule has 4 fully saturated rings. The molecule has 29 heavy (non-hydrogen) atoms. The summed E-state index contributed by atoms with van der Waals surface area (Å²) in [5.41, 5.74) is -0.858. The monoisotopic (exact) mass is 517 g/mol. The number of likely N-dealkylation sites (tertiary alicyclic amines) is 1. The van der Waals surface area contributed by atoms with Gasteiger partial charge < -0.3 is 0 Å². The van der Waals surface area contributed by atoms with Crippen molar-refractivity contribution in [2.75, 3.05) is 0 Å². The number of carbonyl (C=O) groups excluding carboxylic acids is 2. The number of carbonyl (C=O) groups is 2. The molecule has 0 aromatic rings. The molecule has 0 N–H and O–H groups in total. The highest BCUT2D eigenvalue weighted by molar-refractivity contribution is 6.65. The molecule has 9 heteroatoms. The Morgan fingerprint density at radius 2 is 1.45 bits per heavy atom. The molecule has 0 aromatic carbocycles. The first-order chi connectivity index (χ1) is 13.4. The van der Waals surface area contributed by atoms with E-state index in [1.165, 1.54) is 0 Å². The predicted octanol–water partition coefficient (Wildman–Crippen LogP) is 6.18. The number of halogens is 6. The van der Waals surface area contributed by atoms with Crippen molar-refractivity contribution in [2.24, 2.45) is 23.2 Å². The van der Waals surface area contributed by atoms with Crippen LogP contribution in [0.25, 0.3) is 0 Å². The predicted molar refractivity (Wildman–Crippen MR) is 117 cm³/mol. The molecule has 0 spiro atoms. The molecular weight excluding hydrogens is 499 g/mol. The Morgan fingerprint density at radius 1 is 0.897 bits per heavy atom. The lowest BCUT2D eigenvalue weighted by Gasteiger charge is -2.46. The van der Waals surface area contributed by atoms with Gasteiger partial charge in [-0.1, -0.05) is 65.7 Å². The lowest BCUT2D eigenvalue weighted by molar-refractivity contribution is -0.145. The summed E-state index contributed by atoms with van der Waals surface area (Å²) in [6.07, 6.45) is 5.71. The van der Waals surface area contributed by atoms with Gasteiger partial charge in [0.25, 0.3) is 0 Å². The van der Waals surface area contributed by atoms with Crippen molar-refractivity contribution in [3.63, 3.8) is 0 Å². The molecule has 1 saturated heterocycles. The highest BCUT2D eigenvalue weighted by Crippen LogP contribution is 2.80. The van der Waals surface area contributed by atoms with E-state index in [4.69, 9.17) is 69.6 Å². The van der Waals surface area contributed by atoms with Crippen LogP contribution in [0.2, 0.25) is 0 Å². The Morgan fingerprint density at radius 3 is 2.03 bits per heavy atom. The number of nitrogens with zero attached hydrogens (tertiary/aromatic N) is 1. The van der Waals surface area contributed by atoms with Gasteiger partial charge in [-0.05, 0) is 44.4 Å². The van der Waals surface area contributed by atoms with Crippen molar-refractivity contribution in [3.05, 3.63) is 10.1 Å². The summed E-state index contributed by atoms with van der Waals surface area (Å²) in [6.45, 7) is 1.87. The minimum Gasteiger partial charge on any atom is -0.279 e. The first-order valence-electron chi connectivity index (χ1n) is 10.1. The SMILES string of the molecule is C[C@]12C[C@@H]3[C@@H](C[C@@H]1C(=O)N(C1CCCCC1)C2=O)[C@@]1(Cl)C(Cl)=C(Cl)[C@@]3(Cl)C1(Cl)Cl. The Balaban J connectivity index is 1.57. The second kappa shape index (κ2) is 6.35. The largest absolute Gasteiger partial charge is 0.279 e. The Bertz CT molecular complexity index is 854. The van der Waals surface area contributed by atoms with E-state index in [-0.39, 0.29) is 39.8 Å². The van der Waals surface area contributed by atoms with E-state index in [2.05, 4.69) is 0 Å². The molecule has 0 radical (unpaired) electrons. The van der Waals surface area contributed by atoms with Crippen molar-refractivity contribution in [1.29, 1.82) is 0 Å². The summed E-state index contributed by atoms with van der Waals surface area (Å²) in [7, 11) is 0. The second-order valence-corrected chi connectivity index (χ2v) is 12.8. The van der Waals surface area contributed by atoms with Crippen LogP contribution in [0, 0.1) is 23.2 Å². The summed E-state index contributed by atoms with van der Waals surface area (Å²) in [4.78, 5) is 25.8. The second-order valence-electron chi connectivity index (χ2n) is 9.55. The fourth-order valence-corrected chi connectivity index (χ4v) is 9.86. The summed E-state index contributed by atoms with van der Waals surface area (Å²) in [5, 5.41) is 0.316. The smallest absolute Gasteiger partial charge is 0.236 e. The van der Waals surface area contributed by atoms with Crippen LogP contribution in [-0.4, -0.2) is 36.8 Å². The first-order valence-corrected chi connectivity index (χ1v) is 12.4. The fourth-order valence-electron chi connectivity index (χ4n) is 6.77. The number of hydrogen-bond donors (Lipinski definition) is 0. The summed E-state index contributed by atoms with van der Waals surface area (Å²) >= 11 is 40.4.